The van der Waals surface area contributed by atoms with Crippen molar-refractivity contribution in [3.05, 3.63) is 0 Å². The van der Waals surface area contributed by atoms with Crippen LogP contribution in [0.15, 0.2) is 5.10 Å². The number of hydrogen-bond donors (Lipinski definition) is 1. The van der Waals surface area contributed by atoms with Crippen LogP contribution in [0.5, 0.6) is 0 Å². The van der Waals surface area contributed by atoms with Crippen LogP contribution in [0.25, 0.3) is 0 Å². The Morgan fingerprint density at radius 2 is 2.38 bits per heavy atom. The van der Waals surface area contributed by atoms with Gasteiger partial charge in [0.15, 0.2) is 0 Å². The van der Waals surface area contributed by atoms with Crippen LogP contribution in [-0.4, -0.2) is 36.2 Å². The van der Waals surface area contributed by atoms with E-state index in [1.54, 1.807) is 6.07 Å². The lowest BCUT2D eigenvalue weighted by Gasteiger charge is -2.34. The summed E-state index contributed by atoms with van der Waals surface area (Å²) in [6.45, 7) is 5.18. The Morgan fingerprint density at radius 3 is 3.00 bits per heavy atom. The van der Waals surface area contributed by atoms with Gasteiger partial charge in [-0.1, -0.05) is 6.92 Å². The molecule has 0 saturated carbocycles. The van der Waals surface area contributed by atoms with E-state index < -0.39 is 0 Å². The smallest absolute Gasteiger partial charge is 0.254 e. The summed E-state index contributed by atoms with van der Waals surface area (Å²) < 4.78 is 0. The van der Waals surface area contributed by atoms with Crippen molar-refractivity contribution in [1.29, 1.82) is 5.26 Å². The molecule has 1 saturated heterocycles. The standard InChI is InChI=1S/C11H18N4O/c1-8-7-15(3)9(2)6-10(8)13-14-11(16)4-5-12/h8-9H,4,6-7H2,1-3H3,(H,14,16)/b13-10+/t8-,9+/m0/s1. The summed E-state index contributed by atoms with van der Waals surface area (Å²) in [5.74, 6) is 0.0115. The third-order valence-electron chi connectivity index (χ3n) is 2.95. The van der Waals surface area contributed by atoms with Crippen LogP contribution in [0.1, 0.15) is 26.7 Å². The Balaban J connectivity index is 2.56. The second-order valence-electron chi connectivity index (χ2n) is 4.37. The minimum Gasteiger partial charge on any atom is -0.303 e. The number of rotatable bonds is 2. The van der Waals surface area contributed by atoms with Gasteiger partial charge in [-0.05, 0) is 14.0 Å². The molecule has 88 valence electrons. The van der Waals surface area contributed by atoms with E-state index in [0.717, 1.165) is 18.7 Å². The highest BCUT2D eigenvalue weighted by Crippen LogP contribution is 2.17. The fraction of sp³-hybridized carbons (Fsp3) is 0.727. The van der Waals surface area contributed by atoms with Crippen molar-refractivity contribution < 1.29 is 4.79 Å². The average Bonchev–Trinajstić information content (AvgIpc) is 2.22. The van der Waals surface area contributed by atoms with Gasteiger partial charge in [-0.3, -0.25) is 4.79 Å². The van der Waals surface area contributed by atoms with Crippen molar-refractivity contribution in [2.24, 2.45) is 11.0 Å². The van der Waals surface area contributed by atoms with Gasteiger partial charge in [-0.2, -0.15) is 10.4 Å². The van der Waals surface area contributed by atoms with Crippen molar-refractivity contribution in [1.82, 2.24) is 10.3 Å². The zero-order chi connectivity index (χ0) is 12.1. The fourth-order valence-electron chi connectivity index (χ4n) is 1.78. The van der Waals surface area contributed by atoms with Gasteiger partial charge in [0, 0.05) is 30.6 Å². The molecule has 0 aromatic heterocycles. The molecule has 0 aromatic carbocycles. The summed E-state index contributed by atoms with van der Waals surface area (Å²) in [5.41, 5.74) is 3.44. The number of nitriles is 1. The summed E-state index contributed by atoms with van der Waals surface area (Å²) >= 11 is 0. The Morgan fingerprint density at radius 1 is 1.69 bits per heavy atom. The van der Waals surface area contributed by atoms with Gasteiger partial charge in [0.05, 0.1) is 6.07 Å². The maximum Gasteiger partial charge on any atom is 0.254 e. The SMILES string of the molecule is C[C@@H]1C/C(=N\NC(=O)CC#N)[C@@H](C)CN1C. The van der Waals surface area contributed by atoms with Gasteiger partial charge >= 0.3 is 0 Å². The van der Waals surface area contributed by atoms with Gasteiger partial charge in [0.25, 0.3) is 5.91 Å². The van der Waals surface area contributed by atoms with E-state index in [9.17, 15) is 4.79 Å². The molecule has 16 heavy (non-hydrogen) atoms. The minimum absolute atomic E-state index is 0.138. The Labute approximate surface area is 96.1 Å². The molecule has 1 N–H and O–H groups in total. The molecule has 1 fully saturated rings. The predicted octanol–water partition coefficient (Wildman–Crippen LogP) is 0.732. The summed E-state index contributed by atoms with van der Waals surface area (Å²) in [5, 5.41) is 12.4. The maximum atomic E-state index is 11.1. The highest BCUT2D eigenvalue weighted by atomic mass is 16.2. The maximum absolute atomic E-state index is 11.1. The second kappa shape index (κ2) is 5.61. The monoisotopic (exact) mass is 222 g/mol. The molecule has 1 rings (SSSR count). The van der Waals surface area contributed by atoms with Crippen LogP contribution in [0.4, 0.5) is 0 Å². The molecular weight excluding hydrogens is 204 g/mol. The van der Waals surface area contributed by atoms with E-state index in [4.69, 9.17) is 5.26 Å². The molecule has 5 heteroatoms. The molecule has 0 radical (unpaired) electrons. The topological polar surface area (TPSA) is 68.5 Å². The number of piperidine rings is 1. The number of hydrogen-bond acceptors (Lipinski definition) is 4. The van der Waals surface area contributed by atoms with Crippen molar-refractivity contribution in [3.8, 4) is 6.07 Å². The largest absolute Gasteiger partial charge is 0.303 e. The molecule has 0 aromatic rings. The van der Waals surface area contributed by atoms with Gasteiger partial charge in [0.1, 0.15) is 6.42 Å². The van der Waals surface area contributed by atoms with Crippen molar-refractivity contribution >= 4 is 11.6 Å². The first-order chi connectivity index (χ1) is 7.54. The summed E-state index contributed by atoms with van der Waals surface area (Å²) in [7, 11) is 2.09. The highest BCUT2D eigenvalue weighted by Gasteiger charge is 2.25. The third-order valence-corrected chi connectivity index (χ3v) is 2.95. The summed E-state index contributed by atoms with van der Waals surface area (Å²) in [6.07, 6.45) is 0.727. The van der Waals surface area contributed by atoms with Crippen LogP contribution in [0.2, 0.25) is 0 Å². The Hall–Kier alpha value is -1.41. The predicted molar refractivity (Wildman–Crippen MR) is 61.7 cm³/mol. The zero-order valence-corrected chi connectivity index (χ0v) is 10.0. The first-order valence-electron chi connectivity index (χ1n) is 5.47. The molecule has 5 nitrogen and oxygen atoms in total. The molecule has 1 aliphatic rings. The van der Waals surface area contributed by atoms with Crippen LogP contribution in [-0.2, 0) is 4.79 Å². The van der Waals surface area contributed by atoms with Gasteiger partial charge in [-0.25, -0.2) is 5.43 Å². The summed E-state index contributed by atoms with van der Waals surface area (Å²) in [6, 6.07) is 2.24. The van der Waals surface area contributed by atoms with Gasteiger partial charge < -0.3 is 4.90 Å². The lowest BCUT2D eigenvalue weighted by molar-refractivity contribution is -0.120. The Kier molecular flexibility index (Phi) is 4.44. The molecule has 1 heterocycles. The van der Waals surface area contributed by atoms with E-state index in [-0.39, 0.29) is 12.3 Å². The third kappa shape index (κ3) is 3.31. The summed E-state index contributed by atoms with van der Waals surface area (Å²) in [4.78, 5) is 13.4. The van der Waals surface area contributed by atoms with E-state index >= 15 is 0 Å². The van der Waals surface area contributed by atoms with E-state index in [2.05, 4.69) is 36.3 Å². The van der Waals surface area contributed by atoms with E-state index in [1.807, 2.05) is 0 Å². The number of likely N-dealkylation sites (tertiary alicyclic amines) is 1. The molecule has 0 unspecified atom stereocenters. The van der Waals surface area contributed by atoms with Crippen LogP contribution < -0.4 is 5.43 Å². The second-order valence-corrected chi connectivity index (χ2v) is 4.37. The van der Waals surface area contributed by atoms with Crippen molar-refractivity contribution in [3.63, 3.8) is 0 Å². The van der Waals surface area contributed by atoms with Crippen molar-refractivity contribution in [2.45, 2.75) is 32.7 Å². The molecule has 1 aliphatic heterocycles. The number of amides is 1. The van der Waals surface area contributed by atoms with Gasteiger partial charge in [-0.15, -0.1) is 0 Å². The first kappa shape index (κ1) is 12.7. The highest BCUT2D eigenvalue weighted by molar-refractivity contribution is 5.89. The van der Waals surface area contributed by atoms with E-state index in [1.165, 1.54) is 0 Å². The number of nitrogens with one attached hydrogen (secondary N) is 1. The lowest BCUT2D eigenvalue weighted by Crippen LogP contribution is -2.43. The molecule has 0 aliphatic carbocycles. The van der Waals surface area contributed by atoms with E-state index in [0.29, 0.717) is 12.0 Å². The number of carbonyl (C=O) groups excluding carboxylic acids is 1. The Bertz CT molecular complexity index is 331. The van der Waals surface area contributed by atoms with Crippen molar-refractivity contribution in [2.75, 3.05) is 13.6 Å². The van der Waals surface area contributed by atoms with Crippen LogP contribution in [0.3, 0.4) is 0 Å². The van der Waals surface area contributed by atoms with Gasteiger partial charge in [0.2, 0.25) is 0 Å². The zero-order valence-electron chi connectivity index (χ0n) is 10.0. The lowest BCUT2D eigenvalue weighted by atomic mass is 9.93. The fourth-order valence-corrected chi connectivity index (χ4v) is 1.78. The number of carbonyl (C=O) groups is 1. The van der Waals surface area contributed by atoms with Crippen LogP contribution >= 0.6 is 0 Å². The normalized spacial score (nSPS) is 28.8. The molecule has 1 amide bonds. The minimum atomic E-state index is -0.339. The molecule has 2 atom stereocenters. The molecule has 0 bridgehead atoms. The first-order valence-corrected chi connectivity index (χ1v) is 5.47. The molecule has 0 spiro atoms. The quantitative estimate of drug-likeness (QED) is 0.700. The van der Waals surface area contributed by atoms with Crippen LogP contribution in [0, 0.1) is 17.2 Å². The average molecular weight is 222 g/mol. The number of hydrazone groups is 1. The molecular formula is C11H18N4O. The number of nitrogens with zero attached hydrogens (tertiary/aromatic N) is 3.